The van der Waals surface area contributed by atoms with Crippen LogP contribution in [0.4, 0.5) is 0 Å². The number of ether oxygens (including phenoxy) is 2. The van der Waals surface area contributed by atoms with Crippen molar-refractivity contribution in [2.75, 3.05) is 7.11 Å². The lowest BCUT2D eigenvalue weighted by Crippen LogP contribution is -1.98. The zero-order chi connectivity index (χ0) is 13.0. The second kappa shape index (κ2) is 5.78. The second-order valence-corrected chi connectivity index (χ2v) is 4.44. The molecular formula is C15H15ClO2. The first-order chi connectivity index (χ1) is 8.70. The van der Waals surface area contributed by atoms with Gasteiger partial charge in [-0.1, -0.05) is 35.9 Å². The Morgan fingerprint density at radius 1 is 1.06 bits per heavy atom. The van der Waals surface area contributed by atoms with Crippen molar-refractivity contribution in [1.29, 1.82) is 0 Å². The molecule has 2 nitrogen and oxygen atoms in total. The molecule has 0 fully saturated rings. The van der Waals surface area contributed by atoms with Gasteiger partial charge in [0.05, 0.1) is 7.11 Å². The summed E-state index contributed by atoms with van der Waals surface area (Å²) in [4.78, 5) is 0. The Morgan fingerprint density at radius 2 is 1.83 bits per heavy atom. The summed E-state index contributed by atoms with van der Waals surface area (Å²) in [7, 11) is 1.64. The number of hydrogen-bond acceptors (Lipinski definition) is 2. The zero-order valence-electron chi connectivity index (χ0n) is 10.4. The van der Waals surface area contributed by atoms with Crippen LogP contribution in [-0.4, -0.2) is 7.11 Å². The van der Waals surface area contributed by atoms with Crippen LogP contribution in [0.1, 0.15) is 11.1 Å². The molecule has 18 heavy (non-hydrogen) atoms. The molecule has 0 spiro atoms. The zero-order valence-corrected chi connectivity index (χ0v) is 11.2. The Labute approximate surface area is 112 Å². The van der Waals surface area contributed by atoms with Gasteiger partial charge >= 0.3 is 0 Å². The maximum atomic E-state index is 6.08. The first-order valence-electron chi connectivity index (χ1n) is 5.71. The van der Waals surface area contributed by atoms with E-state index >= 15 is 0 Å². The molecule has 2 rings (SSSR count). The Morgan fingerprint density at radius 3 is 2.56 bits per heavy atom. The number of methoxy groups -OCH3 is 1. The van der Waals surface area contributed by atoms with Gasteiger partial charge in [0.25, 0.3) is 0 Å². The van der Waals surface area contributed by atoms with Gasteiger partial charge in [-0.15, -0.1) is 0 Å². The molecular weight excluding hydrogens is 248 g/mol. The maximum absolute atomic E-state index is 6.08. The van der Waals surface area contributed by atoms with E-state index < -0.39 is 0 Å². The number of halogens is 1. The molecule has 0 bridgehead atoms. The highest BCUT2D eigenvalue weighted by molar-refractivity contribution is 6.31. The molecule has 2 aromatic rings. The van der Waals surface area contributed by atoms with Crippen LogP contribution >= 0.6 is 11.6 Å². The van der Waals surface area contributed by atoms with E-state index in [1.165, 1.54) is 0 Å². The molecule has 0 saturated carbocycles. The molecule has 0 aliphatic rings. The van der Waals surface area contributed by atoms with Crippen LogP contribution in [0.25, 0.3) is 0 Å². The van der Waals surface area contributed by atoms with Crippen molar-refractivity contribution in [3.63, 3.8) is 0 Å². The Hall–Kier alpha value is -1.67. The van der Waals surface area contributed by atoms with Gasteiger partial charge in [0.1, 0.15) is 6.61 Å². The molecule has 0 N–H and O–H groups in total. The fourth-order valence-corrected chi connectivity index (χ4v) is 1.86. The lowest BCUT2D eigenvalue weighted by Gasteiger charge is -2.12. The summed E-state index contributed by atoms with van der Waals surface area (Å²) in [5.41, 5.74) is 2.10. The summed E-state index contributed by atoms with van der Waals surface area (Å²) < 4.78 is 11.0. The average molecular weight is 263 g/mol. The number of aryl methyl sites for hydroxylation is 1. The molecule has 0 unspecified atom stereocenters. The number of benzene rings is 2. The van der Waals surface area contributed by atoms with Crippen molar-refractivity contribution >= 4 is 11.6 Å². The van der Waals surface area contributed by atoms with Gasteiger partial charge in [-0.3, -0.25) is 0 Å². The smallest absolute Gasteiger partial charge is 0.161 e. The normalized spacial score (nSPS) is 10.2. The van der Waals surface area contributed by atoms with Crippen molar-refractivity contribution in [3.8, 4) is 11.5 Å². The van der Waals surface area contributed by atoms with Crippen molar-refractivity contribution < 1.29 is 9.47 Å². The molecule has 2 aromatic carbocycles. The third-order valence-corrected chi connectivity index (χ3v) is 3.03. The van der Waals surface area contributed by atoms with Crippen LogP contribution in [0.5, 0.6) is 11.5 Å². The highest BCUT2D eigenvalue weighted by Crippen LogP contribution is 2.29. The Bertz CT molecular complexity index is 538. The van der Waals surface area contributed by atoms with Gasteiger partial charge in [0.2, 0.25) is 0 Å². The minimum Gasteiger partial charge on any atom is -0.493 e. The van der Waals surface area contributed by atoms with Crippen LogP contribution < -0.4 is 9.47 Å². The van der Waals surface area contributed by atoms with Crippen LogP contribution in [0.3, 0.4) is 0 Å². The van der Waals surface area contributed by atoms with E-state index in [-0.39, 0.29) is 0 Å². The molecule has 0 atom stereocenters. The molecule has 0 aliphatic heterocycles. The average Bonchev–Trinajstić information content (AvgIpc) is 2.39. The fraction of sp³-hybridized carbons (Fsp3) is 0.200. The van der Waals surface area contributed by atoms with Crippen LogP contribution in [-0.2, 0) is 6.61 Å². The first-order valence-corrected chi connectivity index (χ1v) is 6.09. The Kier molecular flexibility index (Phi) is 4.11. The quantitative estimate of drug-likeness (QED) is 0.821. The fourth-order valence-electron chi connectivity index (χ4n) is 1.67. The monoisotopic (exact) mass is 262 g/mol. The van der Waals surface area contributed by atoms with Crippen molar-refractivity contribution in [3.05, 3.63) is 58.6 Å². The predicted molar refractivity (Wildman–Crippen MR) is 73.5 cm³/mol. The van der Waals surface area contributed by atoms with E-state index in [0.717, 1.165) is 22.6 Å². The van der Waals surface area contributed by atoms with Crippen molar-refractivity contribution in [2.45, 2.75) is 13.5 Å². The van der Waals surface area contributed by atoms with E-state index in [4.69, 9.17) is 21.1 Å². The number of rotatable bonds is 4. The minimum absolute atomic E-state index is 0.430. The highest BCUT2D eigenvalue weighted by atomic mass is 35.5. The highest BCUT2D eigenvalue weighted by Gasteiger charge is 2.06. The minimum atomic E-state index is 0.430. The van der Waals surface area contributed by atoms with Gasteiger partial charge in [0.15, 0.2) is 11.5 Å². The van der Waals surface area contributed by atoms with Gasteiger partial charge in [-0.05, 0) is 30.7 Å². The molecule has 0 saturated heterocycles. The first kappa shape index (κ1) is 12.8. The van der Waals surface area contributed by atoms with Crippen LogP contribution in [0.15, 0.2) is 42.5 Å². The van der Waals surface area contributed by atoms with Gasteiger partial charge < -0.3 is 9.47 Å². The summed E-state index contributed by atoms with van der Waals surface area (Å²) in [6.07, 6.45) is 0. The van der Waals surface area contributed by atoms with E-state index in [1.54, 1.807) is 7.11 Å². The largest absolute Gasteiger partial charge is 0.493 e. The lowest BCUT2D eigenvalue weighted by atomic mass is 10.2. The van der Waals surface area contributed by atoms with E-state index in [9.17, 15) is 0 Å². The molecule has 0 heterocycles. The molecule has 3 heteroatoms. The summed E-state index contributed by atoms with van der Waals surface area (Å²) >= 11 is 6.08. The van der Waals surface area contributed by atoms with Gasteiger partial charge in [0, 0.05) is 10.6 Å². The molecule has 94 valence electrons. The Balaban J connectivity index is 2.13. The molecule has 0 radical (unpaired) electrons. The topological polar surface area (TPSA) is 18.5 Å². The molecule has 0 amide bonds. The van der Waals surface area contributed by atoms with E-state index in [0.29, 0.717) is 11.6 Å². The van der Waals surface area contributed by atoms with E-state index in [1.807, 2.05) is 49.4 Å². The summed E-state index contributed by atoms with van der Waals surface area (Å²) in [6.45, 7) is 2.44. The number of hydrogen-bond donors (Lipinski definition) is 0. The van der Waals surface area contributed by atoms with Crippen molar-refractivity contribution in [2.24, 2.45) is 0 Å². The van der Waals surface area contributed by atoms with Crippen LogP contribution in [0.2, 0.25) is 5.02 Å². The second-order valence-electron chi connectivity index (χ2n) is 4.03. The lowest BCUT2D eigenvalue weighted by molar-refractivity contribution is 0.284. The van der Waals surface area contributed by atoms with E-state index in [2.05, 4.69) is 0 Å². The SMILES string of the molecule is COc1cc(C)ccc1OCc1ccccc1Cl. The summed E-state index contributed by atoms with van der Waals surface area (Å²) in [6, 6.07) is 13.5. The standard InChI is InChI=1S/C15H15ClO2/c1-11-7-8-14(15(9-11)17-2)18-10-12-5-3-4-6-13(12)16/h3-9H,10H2,1-2H3. The molecule has 0 aliphatic carbocycles. The van der Waals surface area contributed by atoms with Crippen molar-refractivity contribution in [1.82, 2.24) is 0 Å². The third kappa shape index (κ3) is 2.96. The van der Waals surface area contributed by atoms with Gasteiger partial charge in [-0.2, -0.15) is 0 Å². The van der Waals surface area contributed by atoms with Gasteiger partial charge in [-0.25, -0.2) is 0 Å². The third-order valence-electron chi connectivity index (χ3n) is 2.66. The molecule has 0 aromatic heterocycles. The predicted octanol–water partition coefficient (Wildman–Crippen LogP) is 4.24. The maximum Gasteiger partial charge on any atom is 0.161 e. The summed E-state index contributed by atoms with van der Waals surface area (Å²) in [5, 5.41) is 0.712. The van der Waals surface area contributed by atoms with Crippen LogP contribution in [0, 0.1) is 6.92 Å². The summed E-state index contributed by atoms with van der Waals surface area (Å²) in [5.74, 6) is 1.46.